The standard InChI is InChI=1S/C19H19N3O/c1-13-10-17(19(21)23)16-8-4-5-9-18(16)22(13)12-15-7-3-2-6-14(15)11-20/h2-9,13,17H,10,12H2,1H3,(H2,21,23)/t13-,17+/m1/s1. The molecule has 1 aliphatic rings. The maximum Gasteiger partial charge on any atom is 0.225 e. The molecule has 1 amide bonds. The molecule has 23 heavy (non-hydrogen) atoms. The maximum atomic E-state index is 11.8. The Morgan fingerprint density at radius 1 is 1.26 bits per heavy atom. The van der Waals surface area contributed by atoms with Crippen molar-refractivity contribution in [3.63, 3.8) is 0 Å². The third-order valence-electron chi connectivity index (χ3n) is 4.55. The Labute approximate surface area is 136 Å². The van der Waals surface area contributed by atoms with E-state index in [1.54, 1.807) is 0 Å². The van der Waals surface area contributed by atoms with Crippen molar-refractivity contribution < 1.29 is 4.79 Å². The molecule has 0 bridgehead atoms. The van der Waals surface area contributed by atoms with Gasteiger partial charge in [0.15, 0.2) is 0 Å². The molecule has 0 aliphatic carbocycles. The SMILES string of the molecule is C[C@@H]1C[C@H](C(N)=O)c2ccccc2N1Cc1ccccc1C#N. The highest BCUT2D eigenvalue weighted by Gasteiger charge is 2.33. The van der Waals surface area contributed by atoms with E-state index in [1.165, 1.54) is 0 Å². The van der Waals surface area contributed by atoms with Gasteiger partial charge in [0.05, 0.1) is 17.6 Å². The molecular formula is C19H19N3O. The van der Waals surface area contributed by atoms with Gasteiger partial charge >= 0.3 is 0 Å². The van der Waals surface area contributed by atoms with Crippen LogP contribution in [0.3, 0.4) is 0 Å². The number of para-hydroxylation sites is 1. The van der Waals surface area contributed by atoms with E-state index in [2.05, 4.69) is 17.9 Å². The summed E-state index contributed by atoms with van der Waals surface area (Å²) in [6, 6.07) is 18.0. The van der Waals surface area contributed by atoms with Crippen molar-refractivity contribution >= 4 is 11.6 Å². The van der Waals surface area contributed by atoms with Gasteiger partial charge in [-0.05, 0) is 36.6 Å². The minimum absolute atomic E-state index is 0.175. The molecular weight excluding hydrogens is 286 g/mol. The van der Waals surface area contributed by atoms with Crippen LogP contribution in [-0.2, 0) is 11.3 Å². The van der Waals surface area contributed by atoms with Crippen molar-refractivity contribution in [1.29, 1.82) is 5.26 Å². The summed E-state index contributed by atoms with van der Waals surface area (Å²) in [6.07, 6.45) is 0.696. The fraction of sp³-hybridized carbons (Fsp3) is 0.263. The third-order valence-corrected chi connectivity index (χ3v) is 4.55. The van der Waals surface area contributed by atoms with Crippen LogP contribution in [0, 0.1) is 11.3 Å². The van der Waals surface area contributed by atoms with Crippen LogP contribution in [0.2, 0.25) is 0 Å². The third kappa shape index (κ3) is 2.78. The number of nitrogens with two attached hydrogens (primary N) is 1. The first-order chi connectivity index (χ1) is 11.1. The highest BCUT2D eigenvalue weighted by atomic mass is 16.1. The summed E-state index contributed by atoms with van der Waals surface area (Å²) in [5.41, 5.74) is 9.28. The lowest BCUT2D eigenvalue weighted by Gasteiger charge is -2.40. The molecule has 0 unspecified atom stereocenters. The number of rotatable bonds is 3. The van der Waals surface area contributed by atoms with Crippen LogP contribution in [0.25, 0.3) is 0 Å². The smallest absolute Gasteiger partial charge is 0.225 e. The Bertz CT molecular complexity index is 778. The molecule has 0 saturated carbocycles. The summed E-state index contributed by atoms with van der Waals surface area (Å²) in [4.78, 5) is 14.0. The maximum absolute atomic E-state index is 11.8. The molecule has 0 aromatic heterocycles. The fourth-order valence-corrected chi connectivity index (χ4v) is 3.34. The molecule has 2 aromatic carbocycles. The first-order valence-electron chi connectivity index (χ1n) is 7.74. The highest BCUT2D eigenvalue weighted by molar-refractivity contribution is 5.85. The van der Waals surface area contributed by atoms with Gasteiger partial charge in [-0.25, -0.2) is 0 Å². The van der Waals surface area contributed by atoms with E-state index in [0.717, 1.165) is 16.8 Å². The zero-order chi connectivity index (χ0) is 16.4. The summed E-state index contributed by atoms with van der Waals surface area (Å²) in [5.74, 6) is -0.523. The van der Waals surface area contributed by atoms with Gasteiger partial charge in [0.25, 0.3) is 0 Å². The lowest BCUT2D eigenvalue weighted by atomic mass is 9.85. The van der Waals surface area contributed by atoms with Gasteiger partial charge in [-0.1, -0.05) is 36.4 Å². The molecule has 2 N–H and O–H groups in total. The van der Waals surface area contributed by atoms with Gasteiger partial charge in [0, 0.05) is 18.3 Å². The molecule has 0 spiro atoms. The number of primary amides is 1. The first kappa shape index (κ1) is 15.1. The van der Waals surface area contributed by atoms with Crippen LogP contribution in [0.1, 0.15) is 36.0 Å². The molecule has 116 valence electrons. The van der Waals surface area contributed by atoms with E-state index in [4.69, 9.17) is 5.73 Å². The van der Waals surface area contributed by atoms with E-state index < -0.39 is 0 Å². The highest BCUT2D eigenvalue weighted by Crippen LogP contribution is 2.39. The summed E-state index contributed by atoms with van der Waals surface area (Å²) < 4.78 is 0. The van der Waals surface area contributed by atoms with Gasteiger partial charge in [0.2, 0.25) is 5.91 Å². The summed E-state index contributed by atoms with van der Waals surface area (Å²) >= 11 is 0. The monoisotopic (exact) mass is 305 g/mol. The van der Waals surface area contributed by atoms with Crippen molar-refractivity contribution in [2.24, 2.45) is 5.73 Å². The van der Waals surface area contributed by atoms with Gasteiger partial charge in [-0.3, -0.25) is 4.79 Å². The normalized spacial score (nSPS) is 19.7. The van der Waals surface area contributed by atoms with Crippen LogP contribution < -0.4 is 10.6 Å². The van der Waals surface area contributed by atoms with Gasteiger partial charge in [-0.15, -0.1) is 0 Å². The summed E-state index contributed by atoms with van der Waals surface area (Å²) in [7, 11) is 0. The van der Waals surface area contributed by atoms with E-state index in [9.17, 15) is 10.1 Å². The van der Waals surface area contributed by atoms with Gasteiger partial charge in [0.1, 0.15) is 0 Å². The van der Waals surface area contributed by atoms with Crippen molar-refractivity contribution in [3.05, 3.63) is 65.2 Å². The minimum atomic E-state index is -0.277. The Hall–Kier alpha value is -2.80. The molecule has 4 nitrogen and oxygen atoms in total. The molecule has 2 aromatic rings. The number of hydrogen-bond acceptors (Lipinski definition) is 3. The Kier molecular flexibility index (Phi) is 4.03. The predicted octanol–water partition coefficient (Wildman–Crippen LogP) is 2.93. The average molecular weight is 305 g/mol. The second-order valence-electron chi connectivity index (χ2n) is 6.00. The zero-order valence-electron chi connectivity index (χ0n) is 13.1. The number of anilines is 1. The molecule has 3 rings (SSSR count). The number of carbonyl (C=O) groups excluding carboxylic acids is 1. The topological polar surface area (TPSA) is 70.1 Å². The predicted molar refractivity (Wildman–Crippen MR) is 89.8 cm³/mol. The Balaban J connectivity index is 2.01. The van der Waals surface area contributed by atoms with Crippen molar-refractivity contribution in [2.45, 2.75) is 31.8 Å². The fourth-order valence-electron chi connectivity index (χ4n) is 3.34. The molecule has 0 fully saturated rings. The van der Waals surface area contributed by atoms with Crippen molar-refractivity contribution in [3.8, 4) is 6.07 Å². The van der Waals surface area contributed by atoms with Gasteiger partial charge in [-0.2, -0.15) is 5.26 Å². The molecule has 1 aliphatic heterocycles. The largest absolute Gasteiger partial charge is 0.369 e. The van der Waals surface area contributed by atoms with Crippen LogP contribution in [0.4, 0.5) is 5.69 Å². The number of amides is 1. The van der Waals surface area contributed by atoms with E-state index in [1.807, 2.05) is 48.5 Å². The average Bonchev–Trinajstić information content (AvgIpc) is 2.57. The number of nitrogens with zero attached hydrogens (tertiary/aromatic N) is 2. The summed E-state index contributed by atoms with van der Waals surface area (Å²) in [6.45, 7) is 2.74. The van der Waals surface area contributed by atoms with Crippen molar-refractivity contribution in [1.82, 2.24) is 0 Å². The quantitative estimate of drug-likeness (QED) is 0.947. The van der Waals surface area contributed by atoms with Gasteiger partial charge < -0.3 is 10.6 Å². The van der Waals surface area contributed by atoms with E-state index in [0.29, 0.717) is 18.5 Å². The number of carbonyl (C=O) groups is 1. The second kappa shape index (κ2) is 6.13. The molecule has 1 heterocycles. The van der Waals surface area contributed by atoms with E-state index in [-0.39, 0.29) is 17.9 Å². The lowest BCUT2D eigenvalue weighted by molar-refractivity contribution is -0.119. The van der Waals surface area contributed by atoms with E-state index >= 15 is 0 Å². The van der Waals surface area contributed by atoms with Crippen LogP contribution in [0.5, 0.6) is 0 Å². The molecule has 4 heteroatoms. The van der Waals surface area contributed by atoms with Crippen molar-refractivity contribution in [2.75, 3.05) is 4.90 Å². The second-order valence-corrected chi connectivity index (χ2v) is 6.00. The van der Waals surface area contributed by atoms with Crippen LogP contribution in [0.15, 0.2) is 48.5 Å². The number of hydrogen-bond donors (Lipinski definition) is 1. The molecule has 2 atom stereocenters. The number of fused-ring (bicyclic) bond motifs is 1. The van der Waals surface area contributed by atoms with Crippen LogP contribution >= 0.6 is 0 Å². The Morgan fingerprint density at radius 2 is 1.96 bits per heavy atom. The first-order valence-corrected chi connectivity index (χ1v) is 7.74. The minimum Gasteiger partial charge on any atom is -0.369 e. The molecule has 0 radical (unpaired) electrons. The number of nitriles is 1. The lowest BCUT2D eigenvalue weighted by Crippen LogP contribution is -2.41. The molecule has 0 saturated heterocycles. The number of benzene rings is 2. The van der Waals surface area contributed by atoms with Crippen LogP contribution in [-0.4, -0.2) is 11.9 Å². The summed E-state index contributed by atoms with van der Waals surface area (Å²) in [5, 5.41) is 9.29. The zero-order valence-corrected chi connectivity index (χ0v) is 13.1. The Morgan fingerprint density at radius 3 is 2.70 bits per heavy atom.